The van der Waals surface area contributed by atoms with Gasteiger partial charge in [-0.3, -0.25) is 4.79 Å². The topological polar surface area (TPSA) is 32.3 Å². The lowest BCUT2D eigenvalue weighted by Crippen LogP contribution is -2.38. The predicted molar refractivity (Wildman–Crippen MR) is 85.3 cm³/mol. The number of nitrogens with one attached hydrogen (secondary N) is 1. The molecule has 1 aliphatic rings. The Morgan fingerprint density at radius 3 is 2.35 bits per heavy atom. The van der Waals surface area contributed by atoms with E-state index in [4.69, 9.17) is 0 Å². The molecule has 1 aromatic rings. The van der Waals surface area contributed by atoms with Crippen LogP contribution < -0.4 is 5.32 Å². The Morgan fingerprint density at radius 2 is 1.90 bits per heavy atom. The molecule has 0 radical (unpaired) electrons. The van der Waals surface area contributed by atoms with Gasteiger partial charge in [0, 0.05) is 12.6 Å². The summed E-state index contributed by atoms with van der Waals surface area (Å²) in [5.41, 5.74) is 2.57. The zero-order valence-electron chi connectivity index (χ0n) is 12.6. The fraction of sp³-hybridized carbons (Fsp3) is 0.562. The summed E-state index contributed by atoms with van der Waals surface area (Å²) in [6.45, 7) is 5.56. The molecule has 0 atom stereocenters. The second-order valence-electron chi connectivity index (χ2n) is 5.68. The number of carbonyl (C=O) groups is 1. The Bertz CT molecular complexity index is 427. The Balaban J connectivity index is 0.00000200. The van der Waals surface area contributed by atoms with Crippen LogP contribution in [-0.4, -0.2) is 30.4 Å². The summed E-state index contributed by atoms with van der Waals surface area (Å²) in [5, 5.41) is 2.95. The van der Waals surface area contributed by atoms with Gasteiger partial charge in [0.15, 0.2) is 0 Å². The number of amides is 1. The Hall–Kier alpha value is -1.06. The number of nitrogens with zero attached hydrogens (tertiary/aromatic N) is 1. The quantitative estimate of drug-likeness (QED) is 0.875. The smallest absolute Gasteiger partial charge is 0.237 e. The lowest BCUT2D eigenvalue weighted by molar-refractivity contribution is -0.131. The molecule has 3 nitrogen and oxygen atoms in total. The number of likely N-dealkylation sites (N-methyl/N-ethyl adjacent to an activating group) is 1. The third-order valence-electron chi connectivity index (χ3n) is 3.64. The summed E-state index contributed by atoms with van der Waals surface area (Å²) in [6, 6.07) is 9.11. The molecular formula is C16H25ClN2O. The first kappa shape index (κ1) is 17.0. The monoisotopic (exact) mass is 296 g/mol. The maximum absolute atomic E-state index is 12.1. The number of halogens is 1. The molecule has 2 rings (SSSR count). The van der Waals surface area contributed by atoms with E-state index in [0.29, 0.717) is 18.5 Å². The zero-order valence-corrected chi connectivity index (χ0v) is 13.4. The summed E-state index contributed by atoms with van der Waals surface area (Å²) in [7, 11) is 1.82. The average Bonchev–Trinajstić information content (AvgIpc) is 3.21. The van der Waals surface area contributed by atoms with Crippen LogP contribution >= 0.6 is 12.4 Å². The highest BCUT2D eigenvalue weighted by Crippen LogP contribution is 2.28. The minimum Gasteiger partial charge on any atom is -0.334 e. The van der Waals surface area contributed by atoms with Gasteiger partial charge in [-0.15, -0.1) is 12.4 Å². The number of rotatable bonds is 6. The lowest BCUT2D eigenvalue weighted by atomic mass is 10.0. The van der Waals surface area contributed by atoms with Gasteiger partial charge in [0.1, 0.15) is 0 Å². The summed E-state index contributed by atoms with van der Waals surface area (Å²) in [5.74, 6) is 0.762. The number of carbonyl (C=O) groups excluding carboxylic acids is 1. The van der Waals surface area contributed by atoms with E-state index in [0.717, 1.165) is 19.4 Å². The molecular weight excluding hydrogens is 272 g/mol. The molecule has 1 fully saturated rings. The van der Waals surface area contributed by atoms with Gasteiger partial charge in [-0.25, -0.2) is 0 Å². The van der Waals surface area contributed by atoms with E-state index in [1.807, 2.05) is 11.9 Å². The van der Waals surface area contributed by atoms with E-state index in [1.54, 1.807) is 0 Å². The van der Waals surface area contributed by atoms with Crippen molar-refractivity contribution >= 4 is 18.3 Å². The van der Waals surface area contributed by atoms with E-state index in [2.05, 4.69) is 43.4 Å². The van der Waals surface area contributed by atoms with Crippen molar-refractivity contribution in [3.63, 3.8) is 0 Å². The molecule has 0 unspecified atom stereocenters. The van der Waals surface area contributed by atoms with E-state index in [9.17, 15) is 4.79 Å². The van der Waals surface area contributed by atoms with Crippen molar-refractivity contribution in [3.8, 4) is 0 Å². The molecule has 0 aromatic heterocycles. The van der Waals surface area contributed by atoms with Crippen LogP contribution in [0.15, 0.2) is 24.3 Å². The van der Waals surface area contributed by atoms with Crippen molar-refractivity contribution in [2.75, 3.05) is 13.6 Å². The maximum atomic E-state index is 12.1. The zero-order chi connectivity index (χ0) is 13.8. The molecule has 1 aliphatic carbocycles. The summed E-state index contributed by atoms with van der Waals surface area (Å²) in [4.78, 5) is 14.1. The van der Waals surface area contributed by atoms with Gasteiger partial charge >= 0.3 is 0 Å². The van der Waals surface area contributed by atoms with Crippen LogP contribution in [0, 0.1) is 0 Å². The molecule has 0 spiro atoms. The average molecular weight is 297 g/mol. The van der Waals surface area contributed by atoms with Gasteiger partial charge in [-0.05, 0) is 36.9 Å². The number of benzene rings is 1. The van der Waals surface area contributed by atoms with Gasteiger partial charge in [-0.2, -0.15) is 0 Å². The SMILES string of the molecule is CNCC(=O)N(Cc1ccc(C(C)C)cc1)C1CC1.Cl. The van der Waals surface area contributed by atoms with Crippen molar-refractivity contribution in [2.45, 2.75) is 45.2 Å². The van der Waals surface area contributed by atoms with Crippen LogP contribution in [0.1, 0.15) is 43.7 Å². The molecule has 20 heavy (non-hydrogen) atoms. The molecule has 0 aliphatic heterocycles. The molecule has 1 N–H and O–H groups in total. The minimum absolute atomic E-state index is 0. The van der Waals surface area contributed by atoms with Gasteiger partial charge in [-0.1, -0.05) is 38.1 Å². The third kappa shape index (κ3) is 4.50. The maximum Gasteiger partial charge on any atom is 0.237 e. The van der Waals surface area contributed by atoms with E-state index in [-0.39, 0.29) is 18.3 Å². The van der Waals surface area contributed by atoms with Crippen molar-refractivity contribution in [1.82, 2.24) is 10.2 Å². The standard InChI is InChI=1S/C16H24N2O.ClH/c1-12(2)14-6-4-13(5-7-14)11-18(15-8-9-15)16(19)10-17-3;/h4-7,12,15,17H,8-11H2,1-3H3;1H. The van der Waals surface area contributed by atoms with Crippen molar-refractivity contribution in [1.29, 1.82) is 0 Å². The van der Waals surface area contributed by atoms with Gasteiger partial charge in [0.25, 0.3) is 0 Å². The van der Waals surface area contributed by atoms with Gasteiger partial charge < -0.3 is 10.2 Å². The second-order valence-corrected chi connectivity index (χ2v) is 5.68. The molecule has 1 saturated carbocycles. The van der Waals surface area contributed by atoms with Crippen LogP contribution in [0.25, 0.3) is 0 Å². The summed E-state index contributed by atoms with van der Waals surface area (Å²) < 4.78 is 0. The molecule has 112 valence electrons. The highest BCUT2D eigenvalue weighted by Gasteiger charge is 2.31. The third-order valence-corrected chi connectivity index (χ3v) is 3.64. The molecule has 0 saturated heterocycles. The van der Waals surface area contributed by atoms with Crippen LogP contribution in [0.5, 0.6) is 0 Å². The van der Waals surface area contributed by atoms with E-state index < -0.39 is 0 Å². The van der Waals surface area contributed by atoms with Crippen molar-refractivity contribution in [3.05, 3.63) is 35.4 Å². The van der Waals surface area contributed by atoms with Crippen LogP contribution in [0.3, 0.4) is 0 Å². The molecule has 1 amide bonds. The first-order chi connectivity index (χ1) is 9.11. The number of hydrogen-bond acceptors (Lipinski definition) is 2. The fourth-order valence-corrected chi connectivity index (χ4v) is 2.26. The molecule has 1 aromatic carbocycles. The van der Waals surface area contributed by atoms with E-state index >= 15 is 0 Å². The van der Waals surface area contributed by atoms with Crippen LogP contribution in [0.4, 0.5) is 0 Å². The molecule has 0 heterocycles. The first-order valence-corrected chi connectivity index (χ1v) is 7.14. The highest BCUT2D eigenvalue weighted by molar-refractivity contribution is 5.85. The van der Waals surface area contributed by atoms with Gasteiger partial charge in [0.05, 0.1) is 6.54 Å². The van der Waals surface area contributed by atoms with Crippen LogP contribution in [0.2, 0.25) is 0 Å². The molecule has 4 heteroatoms. The summed E-state index contributed by atoms with van der Waals surface area (Å²) in [6.07, 6.45) is 2.30. The molecule has 0 bridgehead atoms. The number of hydrogen-bond donors (Lipinski definition) is 1. The highest BCUT2D eigenvalue weighted by atomic mass is 35.5. The van der Waals surface area contributed by atoms with Crippen molar-refractivity contribution in [2.24, 2.45) is 0 Å². The summed E-state index contributed by atoms with van der Waals surface area (Å²) >= 11 is 0. The Kier molecular flexibility index (Phi) is 6.50. The van der Waals surface area contributed by atoms with Crippen molar-refractivity contribution < 1.29 is 4.79 Å². The predicted octanol–water partition coefficient (Wildman–Crippen LogP) is 2.94. The lowest BCUT2D eigenvalue weighted by Gasteiger charge is -2.22. The normalized spacial score (nSPS) is 14.0. The Morgan fingerprint density at radius 1 is 1.30 bits per heavy atom. The fourth-order valence-electron chi connectivity index (χ4n) is 2.26. The second kappa shape index (κ2) is 7.65. The largest absolute Gasteiger partial charge is 0.334 e. The first-order valence-electron chi connectivity index (χ1n) is 7.14. The van der Waals surface area contributed by atoms with Crippen LogP contribution in [-0.2, 0) is 11.3 Å². The minimum atomic E-state index is 0. The Labute approximate surface area is 128 Å². The van der Waals surface area contributed by atoms with E-state index in [1.165, 1.54) is 11.1 Å². The van der Waals surface area contributed by atoms with Gasteiger partial charge in [0.2, 0.25) is 5.91 Å².